The van der Waals surface area contributed by atoms with E-state index in [1.54, 1.807) is 42.4 Å². The van der Waals surface area contributed by atoms with Crippen molar-refractivity contribution in [1.82, 2.24) is 15.2 Å². The van der Waals surface area contributed by atoms with Crippen molar-refractivity contribution in [3.8, 4) is 0 Å². The summed E-state index contributed by atoms with van der Waals surface area (Å²) in [4.78, 5) is 18.5. The van der Waals surface area contributed by atoms with Crippen LogP contribution in [0.15, 0.2) is 47.5 Å². The molecule has 1 heterocycles. The zero-order valence-electron chi connectivity index (χ0n) is 15.6. The van der Waals surface area contributed by atoms with E-state index in [0.29, 0.717) is 13.0 Å². The van der Waals surface area contributed by atoms with Crippen molar-refractivity contribution in [3.05, 3.63) is 59.4 Å². The van der Waals surface area contributed by atoms with E-state index in [2.05, 4.69) is 10.3 Å². The van der Waals surface area contributed by atoms with Gasteiger partial charge < -0.3 is 10.2 Å². The lowest BCUT2D eigenvalue weighted by molar-refractivity contribution is 0.202. The van der Waals surface area contributed by atoms with Crippen molar-refractivity contribution in [3.63, 3.8) is 0 Å². The lowest BCUT2D eigenvalue weighted by Gasteiger charge is -2.23. The maximum atomic E-state index is 12.5. The van der Waals surface area contributed by atoms with Crippen LogP contribution in [0.25, 0.3) is 0 Å². The number of carbonyl (C=O) groups excluding carboxylic acids is 1. The van der Waals surface area contributed by atoms with Crippen LogP contribution in [0.3, 0.4) is 0 Å². The minimum Gasteiger partial charge on any atom is -0.331 e. The molecule has 1 atom stereocenters. The highest BCUT2D eigenvalue weighted by molar-refractivity contribution is 7.90. The summed E-state index contributed by atoms with van der Waals surface area (Å²) in [6.07, 6.45) is 3.61. The Hall–Kier alpha value is -2.41. The summed E-state index contributed by atoms with van der Waals surface area (Å²) in [6, 6.07) is 10.1. The summed E-state index contributed by atoms with van der Waals surface area (Å²) < 4.78 is 23.1. The first-order valence-corrected chi connectivity index (χ1v) is 10.3. The molecule has 0 spiro atoms. The van der Waals surface area contributed by atoms with Crippen LogP contribution in [0.1, 0.15) is 36.2 Å². The van der Waals surface area contributed by atoms with Crippen molar-refractivity contribution in [2.45, 2.75) is 37.8 Å². The first-order chi connectivity index (χ1) is 12.2. The lowest BCUT2D eigenvalue weighted by atomic mass is 10.1. The zero-order chi connectivity index (χ0) is 19.3. The molecule has 0 fully saturated rings. The first-order valence-electron chi connectivity index (χ1n) is 8.44. The number of hydrogen-bond acceptors (Lipinski definition) is 4. The van der Waals surface area contributed by atoms with Crippen molar-refractivity contribution < 1.29 is 13.2 Å². The topological polar surface area (TPSA) is 79.4 Å². The van der Waals surface area contributed by atoms with Crippen molar-refractivity contribution in [2.24, 2.45) is 0 Å². The number of carbonyl (C=O) groups is 1. The molecule has 2 aromatic rings. The normalized spacial score (nSPS) is 12.5. The SMILES string of the molecule is CC[C@@H](NC(=O)N(C)Cc1ccnc(C)c1)c1ccc(S(C)(=O)=O)cc1. The van der Waals surface area contributed by atoms with Gasteiger partial charge in [-0.15, -0.1) is 0 Å². The molecule has 0 unspecified atom stereocenters. The van der Waals surface area contributed by atoms with E-state index in [0.717, 1.165) is 16.8 Å². The molecule has 7 heteroatoms. The van der Waals surface area contributed by atoms with E-state index < -0.39 is 9.84 Å². The van der Waals surface area contributed by atoms with E-state index in [1.807, 2.05) is 26.0 Å². The van der Waals surface area contributed by atoms with Gasteiger partial charge >= 0.3 is 6.03 Å². The monoisotopic (exact) mass is 375 g/mol. The largest absolute Gasteiger partial charge is 0.331 e. The van der Waals surface area contributed by atoms with Crippen LogP contribution in [-0.4, -0.2) is 37.6 Å². The molecule has 140 valence electrons. The summed E-state index contributed by atoms with van der Waals surface area (Å²) in [7, 11) is -1.49. The predicted molar refractivity (Wildman–Crippen MR) is 102 cm³/mol. The fraction of sp³-hybridized carbons (Fsp3) is 0.368. The number of sulfone groups is 1. The fourth-order valence-electron chi connectivity index (χ4n) is 2.68. The van der Waals surface area contributed by atoms with Gasteiger partial charge in [-0.05, 0) is 48.7 Å². The highest BCUT2D eigenvalue weighted by Crippen LogP contribution is 2.19. The number of pyridine rings is 1. The number of nitrogens with one attached hydrogen (secondary N) is 1. The molecule has 2 amide bonds. The van der Waals surface area contributed by atoms with Gasteiger partial charge in [0.1, 0.15) is 0 Å². The van der Waals surface area contributed by atoms with Gasteiger partial charge in [0.25, 0.3) is 0 Å². The number of urea groups is 1. The second kappa shape index (κ2) is 8.31. The first kappa shape index (κ1) is 19.9. The van der Waals surface area contributed by atoms with E-state index in [-0.39, 0.29) is 17.0 Å². The molecule has 26 heavy (non-hydrogen) atoms. The van der Waals surface area contributed by atoms with Gasteiger partial charge in [0, 0.05) is 31.7 Å². The second-order valence-corrected chi connectivity index (χ2v) is 8.43. The molecule has 0 saturated carbocycles. The van der Waals surface area contributed by atoms with Crippen LogP contribution in [0.4, 0.5) is 4.79 Å². The molecule has 0 radical (unpaired) electrons. The summed E-state index contributed by atoms with van der Waals surface area (Å²) in [5.41, 5.74) is 2.80. The molecule has 1 N–H and O–H groups in total. The van der Waals surface area contributed by atoms with Gasteiger partial charge in [-0.2, -0.15) is 0 Å². The molecule has 0 saturated heterocycles. The smallest absolute Gasteiger partial charge is 0.317 e. The van der Waals surface area contributed by atoms with Crippen LogP contribution >= 0.6 is 0 Å². The third-order valence-electron chi connectivity index (χ3n) is 4.14. The number of nitrogens with zero attached hydrogens (tertiary/aromatic N) is 2. The molecule has 2 rings (SSSR count). The fourth-order valence-corrected chi connectivity index (χ4v) is 3.31. The highest BCUT2D eigenvalue weighted by Gasteiger charge is 2.17. The van der Waals surface area contributed by atoms with Crippen LogP contribution in [-0.2, 0) is 16.4 Å². The molecule has 0 aliphatic carbocycles. The Bertz CT molecular complexity index is 864. The standard InChI is InChI=1S/C19H25N3O3S/c1-5-18(16-6-8-17(9-7-16)26(4,24)25)21-19(23)22(3)13-15-10-11-20-14(2)12-15/h6-12,18H,5,13H2,1-4H3,(H,21,23)/t18-/m1/s1. The van der Waals surface area contributed by atoms with Gasteiger partial charge in [-0.25, -0.2) is 13.2 Å². The number of rotatable bonds is 6. The third kappa shape index (κ3) is 5.29. The van der Waals surface area contributed by atoms with Crippen LogP contribution in [0.5, 0.6) is 0 Å². The summed E-state index contributed by atoms with van der Waals surface area (Å²) in [5.74, 6) is 0. The van der Waals surface area contributed by atoms with Gasteiger partial charge in [0.15, 0.2) is 9.84 Å². The number of aryl methyl sites for hydroxylation is 1. The molecular weight excluding hydrogens is 350 g/mol. The zero-order valence-corrected chi connectivity index (χ0v) is 16.4. The number of hydrogen-bond donors (Lipinski definition) is 1. The van der Waals surface area contributed by atoms with Crippen molar-refractivity contribution in [1.29, 1.82) is 0 Å². The lowest BCUT2D eigenvalue weighted by Crippen LogP contribution is -2.38. The Morgan fingerprint density at radius 1 is 1.23 bits per heavy atom. The Labute approximate surface area is 155 Å². The minimum atomic E-state index is -3.23. The van der Waals surface area contributed by atoms with Gasteiger partial charge in [-0.1, -0.05) is 19.1 Å². The molecular formula is C19H25N3O3S. The number of benzene rings is 1. The van der Waals surface area contributed by atoms with Crippen molar-refractivity contribution in [2.75, 3.05) is 13.3 Å². The molecule has 0 bridgehead atoms. The van der Waals surface area contributed by atoms with Crippen molar-refractivity contribution >= 4 is 15.9 Å². The van der Waals surface area contributed by atoms with E-state index in [9.17, 15) is 13.2 Å². The van der Waals surface area contributed by atoms with Crippen LogP contribution < -0.4 is 5.32 Å². The minimum absolute atomic E-state index is 0.182. The third-order valence-corrected chi connectivity index (χ3v) is 5.27. The van der Waals surface area contributed by atoms with Gasteiger partial charge in [0.05, 0.1) is 10.9 Å². The highest BCUT2D eigenvalue weighted by atomic mass is 32.2. The van der Waals surface area contributed by atoms with E-state index in [4.69, 9.17) is 0 Å². The molecule has 0 aliphatic rings. The predicted octanol–water partition coefficient (Wildman–Crippen LogP) is 3.09. The second-order valence-electron chi connectivity index (χ2n) is 6.41. The summed E-state index contributed by atoms with van der Waals surface area (Å²) >= 11 is 0. The molecule has 6 nitrogen and oxygen atoms in total. The van der Waals surface area contributed by atoms with Gasteiger partial charge in [0.2, 0.25) is 0 Å². The average molecular weight is 375 g/mol. The van der Waals surface area contributed by atoms with Crippen LogP contribution in [0, 0.1) is 6.92 Å². The van der Waals surface area contributed by atoms with Crippen LogP contribution in [0.2, 0.25) is 0 Å². The summed E-state index contributed by atoms with van der Waals surface area (Å²) in [6.45, 7) is 4.37. The average Bonchev–Trinajstić information content (AvgIpc) is 2.58. The Morgan fingerprint density at radius 2 is 1.88 bits per heavy atom. The summed E-state index contributed by atoms with van der Waals surface area (Å²) in [5, 5.41) is 3.00. The maximum absolute atomic E-state index is 12.5. The van der Waals surface area contributed by atoms with E-state index >= 15 is 0 Å². The maximum Gasteiger partial charge on any atom is 0.317 e. The van der Waals surface area contributed by atoms with E-state index in [1.165, 1.54) is 6.26 Å². The van der Waals surface area contributed by atoms with Gasteiger partial charge in [-0.3, -0.25) is 4.98 Å². The Morgan fingerprint density at radius 3 is 2.42 bits per heavy atom. The molecule has 0 aliphatic heterocycles. The Kier molecular flexibility index (Phi) is 6.37. The quantitative estimate of drug-likeness (QED) is 0.841. The number of aromatic nitrogens is 1. The molecule has 1 aromatic heterocycles. The number of amides is 2. The molecule has 1 aromatic carbocycles. The Balaban J connectivity index is 2.05.